The van der Waals surface area contributed by atoms with Crippen LogP contribution in [0.3, 0.4) is 0 Å². The number of hydrogen-bond acceptors (Lipinski definition) is 4. The first-order valence-electron chi connectivity index (χ1n) is 5.75. The average molecular weight is 265 g/mol. The summed E-state index contributed by atoms with van der Waals surface area (Å²) in [7, 11) is 1.46. The van der Waals surface area contributed by atoms with Gasteiger partial charge >= 0.3 is 11.8 Å². The van der Waals surface area contributed by atoms with Crippen LogP contribution in [-0.4, -0.2) is 18.9 Å². The number of rotatable bonds is 2. The van der Waals surface area contributed by atoms with Gasteiger partial charge in [-0.2, -0.15) is 0 Å². The van der Waals surface area contributed by atoms with E-state index in [1.165, 1.54) is 7.11 Å². The quantitative estimate of drug-likeness (QED) is 0.355. The number of carbonyl (C=O) groups is 2. The summed E-state index contributed by atoms with van der Waals surface area (Å²) in [6.07, 6.45) is 0. The van der Waals surface area contributed by atoms with Crippen molar-refractivity contribution in [2.45, 2.75) is 26.2 Å². The Kier molecular flexibility index (Phi) is 4.16. The van der Waals surface area contributed by atoms with Gasteiger partial charge in [0, 0.05) is 0 Å². The zero-order chi connectivity index (χ0) is 14.8. The van der Waals surface area contributed by atoms with E-state index in [-0.39, 0.29) is 5.41 Å². The smallest absolute Gasteiger partial charge is 0.330 e. The molecule has 0 heterocycles. The van der Waals surface area contributed by atoms with E-state index in [0.717, 1.165) is 5.56 Å². The molecule has 19 heavy (non-hydrogen) atoms. The molecule has 0 fully saturated rings. The minimum absolute atomic E-state index is 0.127. The fourth-order valence-corrected chi connectivity index (χ4v) is 1.57. The van der Waals surface area contributed by atoms with E-state index in [9.17, 15) is 9.59 Å². The van der Waals surface area contributed by atoms with E-state index in [0.29, 0.717) is 16.4 Å². The third kappa shape index (κ3) is 3.23. The molecule has 6 heteroatoms. The summed E-state index contributed by atoms with van der Waals surface area (Å²) >= 11 is 0. The molecule has 0 radical (unpaired) electrons. The number of methoxy groups -OCH3 is 1. The predicted octanol–water partition coefficient (Wildman–Crippen LogP) is 0.685. The van der Waals surface area contributed by atoms with Gasteiger partial charge in [-0.3, -0.25) is 9.59 Å². The van der Waals surface area contributed by atoms with Crippen LogP contribution in [-0.2, 0) is 15.0 Å². The molecule has 0 aliphatic rings. The number of carbonyl (C=O) groups excluding carboxylic acids is 2. The minimum atomic E-state index is -1.12. The molecule has 0 aliphatic carbocycles. The summed E-state index contributed by atoms with van der Waals surface area (Å²) in [5, 5.41) is 0.705. The fraction of sp³-hybridized carbons (Fsp3) is 0.385. The Hall–Kier alpha value is -2.08. The minimum Gasteiger partial charge on any atom is -0.495 e. The SMILES string of the molecule is COc1ccc(C(C)(C)C)cc1N(N)C(=O)C(N)=O. The maximum atomic E-state index is 11.5. The highest BCUT2D eigenvalue weighted by atomic mass is 16.5. The number of nitrogens with two attached hydrogens (primary N) is 2. The van der Waals surface area contributed by atoms with Crippen molar-refractivity contribution < 1.29 is 14.3 Å². The number of nitrogens with zero attached hydrogens (tertiary/aromatic N) is 1. The molecule has 2 amide bonds. The lowest BCUT2D eigenvalue weighted by Gasteiger charge is -2.23. The Morgan fingerprint density at radius 3 is 2.26 bits per heavy atom. The van der Waals surface area contributed by atoms with E-state index in [4.69, 9.17) is 16.3 Å². The summed E-state index contributed by atoms with van der Waals surface area (Å²) in [6.45, 7) is 6.07. The van der Waals surface area contributed by atoms with Crippen molar-refractivity contribution in [3.8, 4) is 5.75 Å². The van der Waals surface area contributed by atoms with E-state index in [1.54, 1.807) is 12.1 Å². The number of amides is 2. The number of primary amides is 1. The lowest BCUT2D eigenvalue weighted by molar-refractivity contribution is -0.135. The highest BCUT2D eigenvalue weighted by Crippen LogP contribution is 2.32. The lowest BCUT2D eigenvalue weighted by Crippen LogP contribution is -2.45. The van der Waals surface area contributed by atoms with Gasteiger partial charge in [-0.15, -0.1) is 0 Å². The van der Waals surface area contributed by atoms with Gasteiger partial charge in [0.25, 0.3) is 0 Å². The normalized spacial score (nSPS) is 11.0. The van der Waals surface area contributed by atoms with E-state index >= 15 is 0 Å². The molecule has 0 saturated carbocycles. The maximum Gasteiger partial charge on any atom is 0.330 e. The number of hydrogen-bond donors (Lipinski definition) is 2. The van der Waals surface area contributed by atoms with Crippen molar-refractivity contribution in [2.24, 2.45) is 11.6 Å². The maximum absolute atomic E-state index is 11.5. The summed E-state index contributed by atoms with van der Waals surface area (Å²) in [5.74, 6) is 3.91. The molecule has 0 aliphatic heterocycles. The zero-order valence-electron chi connectivity index (χ0n) is 11.6. The topological polar surface area (TPSA) is 98.7 Å². The van der Waals surface area contributed by atoms with Gasteiger partial charge in [-0.1, -0.05) is 26.8 Å². The highest BCUT2D eigenvalue weighted by molar-refractivity contribution is 6.39. The number of hydrazine groups is 1. The van der Waals surface area contributed by atoms with E-state index < -0.39 is 11.8 Å². The van der Waals surface area contributed by atoms with Crippen LogP contribution in [0.5, 0.6) is 5.75 Å². The Labute approximate surface area is 112 Å². The van der Waals surface area contributed by atoms with Gasteiger partial charge < -0.3 is 10.5 Å². The second kappa shape index (κ2) is 5.27. The standard InChI is InChI=1S/C13H19N3O3/c1-13(2,3)8-5-6-10(19-4)9(7-8)16(15)12(18)11(14)17/h5-7H,15H2,1-4H3,(H2,14,17). The molecule has 1 aromatic carbocycles. The van der Waals surface area contributed by atoms with Gasteiger partial charge in [-0.05, 0) is 23.1 Å². The molecule has 0 bridgehead atoms. The zero-order valence-corrected chi connectivity index (χ0v) is 11.6. The van der Waals surface area contributed by atoms with Crippen molar-refractivity contribution in [1.29, 1.82) is 0 Å². The Bertz CT molecular complexity index is 506. The Morgan fingerprint density at radius 2 is 1.84 bits per heavy atom. The van der Waals surface area contributed by atoms with Gasteiger partial charge in [0.1, 0.15) is 11.4 Å². The highest BCUT2D eigenvalue weighted by Gasteiger charge is 2.23. The van der Waals surface area contributed by atoms with Gasteiger partial charge in [0.2, 0.25) is 0 Å². The summed E-state index contributed by atoms with van der Waals surface area (Å²) in [5.41, 5.74) is 6.07. The molecule has 0 atom stereocenters. The van der Waals surface area contributed by atoms with Crippen LogP contribution in [0.1, 0.15) is 26.3 Å². The average Bonchev–Trinajstić information content (AvgIpc) is 2.34. The molecule has 0 saturated heterocycles. The molecular formula is C13H19N3O3. The van der Waals surface area contributed by atoms with Crippen molar-refractivity contribution in [2.75, 3.05) is 12.1 Å². The Balaban J connectivity index is 3.31. The molecular weight excluding hydrogens is 246 g/mol. The van der Waals surface area contributed by atoms with E-state index in [1.807, 2.05) is 26.8 Å². The first kappa shape index (κ1) is 15.0. The van der Waals surface area contributed by atoms with Gasteiger partial charge in [0.15, 0.2) is 0 Å². The fourth-order valence-electron chi connectivity index (χ4n) is 1.57. The molecule has 1 rings (SSSR count). The molecule has 0 unspecified atom stereocenters. The Morgan fingerprint density at radius 1 is 1.26 bits per heavy atom. The number of benzene rings is 1. The molecule has 104 valence electrons. The van der Waals surface area contributed by atoms with Crippen LogP contribution in [0.15, 0.2) is 18.2 Å². The van der Waals surface area contributed by atoms with Crippen LogP contribution >= 0.6 is 0 Å². The molecule has 6 nitrogen and oxygen atoms in total. The lowest BCUT2D eigenvalue weighted by atomic mass is 9.86. The van der Waals surface area contributed by atoms with Crippen LogP contribution < -0.4 is 21.3 Å². The summed E-state index contributed by atoms with van der Waals surface area (Å²) in [6, 6.07) is 5.29. The first-order valence-corrected chi connectivity index (χ1v) is 5.75. The molecule has 0 aromatic heterocycles. The second-order valence-electron chi connectivity index (χ2n) is 5.18. The first-order chi connectivity index (χ1) is 8.68. The number of ether oxygens (including phenoxy) is 1. The molecule has 0 spiro atoms. The van der Waals surface area contributed by atoms with Crippen LogP contribution in [0.2, 0.25) is 0 Å². The number of anilines is 1. The van der Waals surface area contributed by atoms with Crippen molar-refractivity contribution in [3.05, 3.63) is 23.8 Å². The third-order valence-corrected chi connectivity index (χ3v) is 2.73. The van der Waals surface area contributed by atoms with Crippen LogP contribution in [0.4, 0.5) is 5.69 Å². The van der Waals surface area contributed by atoms with Crippen molar-refractivity contribution in [1.82, 2.24) is 0 Å². The van der Waals surface area contributed by atoms with Gasteiger partial charge in [-0.25, -0.2) is 10.9 Å². The molecule has 1 aromatic rings. The van der Waals surface area contributed by atoms with E-state index in [2.05, 4.69) is 0 Å². The van der Waals surface area contributed by atoms with Crippen LogP contribution in [0, 0.1) is 0 Å². The summed E-state index contributed by atoms with van der Waals surface area (Å²) < 4.78 is 5.14. The van der Waals surface area contributed by atoms with Crippen LogP contribution in [0.25, 0.3) is 0 Å². The molecule has 4 N–H and O–H groups in total. The van der Waals surface area contributed by atoms with Gasteiger partial charge in [0.05, 0.1) is 7.11 Å². The second-order valence-corrected chi connectivity index (χ2v) is 5.18. The largest absolute Gasteiger partial charge is 0.495 e. The third-order valence-electron chi connectivity index (χ3n) is 2.73. The van der Waals surface area contributed by atoms with Crippen molar-refractivity contribution in [3.63, 3.8) is 0 Å². The predicted molar refractivity (Wildman–Crippen MR) is 72.6 cm³/mol. The monoisotopic (exact) mass is 265 g/mol. The summed E-state index contributed by atoms with van der Waals surface area (Å²) in [4.78, 5) is 22.4. The van der Waals surface area contributed by atoms with Crippen molar-refractivity contribution >= 4 is 17.5 Å².